The van der Waals surface area contributed by atoms with Gasteiger partial charge in [0.2, 0.25) is 0 Å². The Morgan fingerprint density at radius 2 is 2.31 bits per heavy atom. The van der Waals surface area contributed by atoms with Gasteiger partial charge in [0.1, 0.15) is 0 Å². The molecule has 2 nitrogen and oxygen atoms in total. The normalized spacial score (nSPS) is 43.4. The molecule has 2 fully saturated rings. The molecule has 1 aliphatic heterocycles. The summed E-state index contributed by atoms with van der Waals surface area (Å²) < 4.78 is 11.8. The first-order valence-electron chi connectivity index (χ1n) is 5.46. The summed E-state index contributed by atoms with van der Waals surface area (Å²) in [5.41, 5.74) is 0.100. The van der Waals surface area contributed by atoms with Crippen LogP contribution in [-0.4, -0.2) is 24.9 Å². The first-order chi connectivity index (χ1) is 6.20. The van der Waals surface area contributed by atoms with Crippen molar-refractivity contribution in [3.8, 4) is 0 Å². The first kappa shape index (κ1) is 9.47. The van der Waals surface area contributed by atoms with Crippen molar-refractivity contribution in [3.05, 3.63) is 0 Å². The summed E-state index contributed by atoms with van der Waals surface area (Å²) in [4.78, 5) is 0. The topological polar surface area (TPSA) is 18.5 Å². The smallest absolute Gasteiger partial charge is 0.0995 e. The van der Waals surface area contributed by atoms with E-state index in [1.165, 1.54) is 12.8 Å². The van der Waals surface area contributed by atoms with Gasteiger partial charge in [0.05, 0.1) is 18.3 Å². The summed E-state index contributed by atoms with van der Waals surface area (Å²) >= 11 is 0. The van der Waals surface area contributed by atoms with Crippen molar-refractivity contribution in [1.82, 2.24) is 0 Å². The molecule has 13 heavy (non-hydrogen) atoms. The highest BCUT2D eigenvalue weighted by atomic mass is 16.6. The molecule has 0 bridgehead atoms. The monoisotopic (exact) mass is 184 g/mol. The molecule has 1 saturated heterocycles. The fourth-order valence-electron chi connectivity index (χ4n) is 2.89. The minimum atomic E-state index is 0.100. The molecular weight excluding hydrogens is 164 g/mol. The second-order valence-electron chi connectivity index (χ2n) is 4.62. The Bertz CT molecular complexity index is 191. The highest BCUT2D eigenvalue weighted by Crippen LogP contribution is 2.51. The molecule has 2 aliphatic rings. The maximum absolute atomic E-state index is 5.94. The minimum absolute atomic E-state index is 0.100. The van der Waals surface area contributed by atoms with Gasteiger partial charge >= 0.3 is 0 Å². The van der Waals surface area contributed by atoms with Gasteiger partial charge in [-0.05, 0) is 25.7 Å². The minimum Gasteiger partial charge on any atom is -0.375 e. The van der Waals surface area contributed by atoms with Crippen LogP contribution in [0.3, 0.4) is 0 Å². The van der Waals surface area contributed by atoms with E-state index < -0.39 is 0 Å². The van der Waals surface area contributed by atoms with Gasteiger partial charge in [0.15, 0.2) is 0 Å². The lowest BCUT2D eigenvalue weighted by Crippen LogP contribution is -2.55. The molecule has 0 aromatic rings. The molecule has 0 radical (unpaired) electrons. The van der Waals surface area contributed by atoms with E-state index in [2.05, 4.69) is 20.8 Å². The number of rotatable bonds is 3. The molecule has 0 N–H and O–H groups in total. The molecule has 0 aromatic heterocycles. The van der Waals surface area contributed by atoms with Crippen LogP contribution in [0.1, 0.15) is 33.6 Å². The maximum atomic E-state index is 5.94. The van der Waals surface area contributed by atoms with Crippen molar-refractivity contribution >= 4 is 0 Å². The van der Waals surface area contributed by atoms with Crippen LogP contribution in [0.25, 0.3) is 0 Å². The predicted octanol–water partition coefficient (Wildman–Crippen LogP) is 2.23. The Hall–Kier alpha value is -0.0800. The largest absolute Gasteiger partial charge is 0.375 e. The highest BCUT2D eigenvalue weighted by molar-refractivity contribution is 5.08. The molecule has 1 saturated carbocycles. The average Bonchev–Trinajstić information content (AvgIpc) is 2.28. The number of hydrogen-bond acceptors (Lipinski definition) is 2. The van der Waals surface area contributed by atoms with Gasteiger partial charge in [-0.1, -0.05) is 13.8 Å². The van der Waals surface area contributed by atoms with E-state index in [1.807, 2.05) is 0 Å². The highest BCUT2D eigenvalue weighted by Gasteiger charge is 2.58. The van der Waals surface area contributed by atoms with Crippen LogP contribution in [0.4, 0.5) is 0 Å². The van der Waals surface area contributed by atoms with Crippen molar-refractivity contribution in [2.75, 3.05) is 13.2 Å². The van der Waals surface area contributed by atoms with Crippen LogP contribution in [0, 0.1) is 11.8 Å². The number of hydrogen-bond donors (Lipinski definition) is 0. The average molecular weight is 184 g/mol. The zero-order valence-corrected chi connectivity index (χ0v) is 8.88. The standard InChI is InChI=1S/C11H20O2/c1-4-13-11-6-5-9(11)7-12-10(11)8(2)3/h8-10H,4-7H2,1-3H3/t9-,10+,11+/m1/s1. The first-order valence-corrected chi connectivity index (χ1v) is 5.46. The molecule has 0 spiro atoms. The van der Waals surface area contributed by atoms with E-state index in [1.54, 1.807) is 0 Å². The van der Waals surface area contributed by atoms with Crippen molar-refractivity contribution in [3.63, 3.8) is 0 Å². The fourth-order valence-corrected chi connectivity index (χ4v) is 2.89. The van der Waals surface area contributed by atoms with E-state index in [0.29, 0.717) is 17.9 Å². The molecule has 1 heterocycles. The SMILES string of the molecule is CCO[C@@]12CC[C@@H]1CO[C@H]2C(C)C. The predicted molar refractivity (Wildman–Crippen MR) is 51.7 cm³/mol. The van der Waals surface area contributed by atoms with Gasteiger partial charge in [-0.15, -0.1) is 0 Å². The molecule has 0 aromatic carbocycles. The fraction of sp³-hybridized carbons (Fsp3) is 1.00. The van der Waals surface area contributed by atoms with E-state index in [-0.39, 0.29) is 5.60 Å². The molecule has 0 amide bonds. The van der Waals surface area contributed by atoms with Gasteiger partial charge in [-0.25, -0.2) is 0 Å². The van der Waals surface area contributed by atoms with E-state index in [9.17, 15) is 0 Å². The molecule has 76 valence electrons. The van der Waals surface area contributed by atoms with Crippen LogP contribution in [0.15, 0.2) is 0 Å². The molecule has 0 unspecified atom stereocenters. The van der Waals surface area contributed by atoms with Crippen molar-refractivity contribution in [2.24, 2.45) is 11.8 Å². The Balaban J connectivity index is 2.11. The number of fused-ring (bicyclic) bond motifs is 1. The van der Waals surface area contributed by atoms with Gasteiger partial charge < -0.3 is 9.47 Å². The van der Waals surface area contributed by atoms with Gasteiger partial charge in [-0.2, -0.15) is 0 Å². The molecule has 1 aliphatic carbocycles. The summed E-state index contributed by atoms with van der Waals surface area (Å²) in [7, 11) is 0. The Kier molecular flexibility index (Phi) is 2.37. The van der Waals surface area contributed by atoms with E-state index in [4.69, 9.17) is 9.47 Å². The van der Waals surface area contributed by atoms with Crippen LogP contribution in [-0.2, 0) is 9.47 Å². The lowest BCUT2D eigenvalue weighted by Gasteiger charge is -2.47. The maximum Gasteiger partial charge on any atom is 0.0995 e. The summed E-state index contributed by atoms with van der Waals surface area (Å²) in [5, 5.41) is 0. The number of ether oxygens (including phenoxy) is 2. The molecule has 3 atom stereocenters. The van der Waals surface area contributed by atoms with Crippen LogP contribution in [0.2, 0.25) is 0 Å². The van der Waals surface area contributed by atoms with E-state index >= 15 is 0 Å². The lowest BCUT2D eigenvalue weighted by molar-refractivity contribution is -0.158. The van der Waals surface area contributed by atoms with Gasteiger partial charge in [0, 0.05) is 12.5 Å². The zero-order valence-electron chi connectivity index (χ0n) is 8.88. The Morgan fingerprint density at radius 1 is 1.54 bits per heavy atom. The second-order valence-corrected chi connectivity index (χ2v) is 4.62. The third kappa shape index (κ3) is 1.23. The Morgan fingerprint density at radius 3 is 2.77 bits per heavy atom. The van der Waals surface area contributed by atoms with Crippen LogP contribution in [0.5, 0.6) is 0 Å². The molecule has 2 rings (SSSR count). The van der Waals surface area contributed by atoms with Crippen molar-refractivity contribution < 1.29 is 9.47 Å². The molecule has 2 heteroatoms. The Labute approximate surface area is 80.6 Å². The summed E-state index contributed by atoms with van der Waals surface area (Å²) in [5.74, 6) is 1.26. The summed E-state index contributed by atoms with van der Waals surface area (Å²) in [6.07, 6.45) is 2.84. The van der Waals surface area contributed by atoms with Crippen molar-refractivity contribution in [2.45, 2.75) is 45.3 Å². The lowest BCUT2D eigenvalue weighted by atomic mass is 9.66. The van der Waals surface area contributed by atoms with Crippen LogP contribution >= 0.6 is 0 Å². The van der Waals surface area contributed by atoms with Gasteiger partial charge in [-0.3, -0.25) is 0 Å². The van der Waals surface area contributed by atoms with Gasteiger partial charge in [0.25, 0.3) is 0 Å². The molecular formula is C11H20O2. The third-order valence-electron chi connectivity index (χ3n) is 3.55. The second kappa shape index (κ2) is 3.25. The zero-order chi connectivity index (χ0) is 9.47. The van der Waals surface area contributed by atoms with Crippen LogP contribution < -0.4 is 0 Å². The third-order valence-corrected chi connectivity index (χ3v) is 3.55. The summed E-state index contributed by atoms with van der Waals surface area (Å²) in [6, 6.07) is 0. The quantitative estimate of drug-likeness (QED) is 0.669. The van der Waals surface area contributed by atoms with Crippen molar-refractivity contribution in [1.29, 1.82) is 0 Å². The summed E-state index contributed by atoms with van der Waals surface area (Å²) in [6.45, 7) is 8.28. The van der Waals surface area contributed by atoms with E-state index in [0.717, 1.165) is 13.2 Å².